The molecule has 1 N–H and O–H groups in total. The number of amides is 2. The zero-order chi connectivity index (χ0) is 21.6. The summed E-state index contributed by atoms with van der Waals surface area (Å²) in [6, 6.07) is 25.8. The van der Waals surface area contributed by atoms with Crippen molar-refractivity contribution in [2.75, 3.05) is 18.0 Å². The Labute approximate surface area is 187 Å². The minimum Gasteiger partial charge on any atom is -0.354 e. The van der Waals surface area contributed by atoms with Crippen LogP contribution in [0.15, 0.2) is 88.7 Å². The molecule has 4 nitrogen and oxygen atoms in total. The SMILES string of the molecule is Cc1ccc(/C=C2/Sc3ccccc3N(CC(=O)NCCc3ccccc3)C2=O)cc1. The Morgan fingerprint density at radius 2 is 1.68 bits per heavy atom. The molecule has 0 radical (unpaired) electrons. The van der Waals surface area contributed by atoms with Crippen LogP contribution in [0.25, 0.3) is 6.08 Å². The molecule has 2 amide bonds. The molecule has 0 bridgehead atoms. The highest BCUT2D eigenvalue weighted by Gasteiger charge is 2.30. The Morgan fingerprint density at radius 1 is 0.968 bits per heavy atom. The minimum atomic E-state index is -0.166. The van der Waals surface area contributed by atoms with Crippen molar-refractivity contribution in [2.45, 2.75) is 18.2 Å². The van der Waals surface area contributed by atoms with E-state index in [1.807, 2.05) is 91.9 Å². The predicted molar refractivity (Wildman–Crippen MR) is 127 cm³/mol. The molecule has 0 unspecified atom stereocenters. The Balaban J connectivity index is 1.49. The van der Waals surface area contributed by atoms with Gasteiger partial charge in [-0.3, -0.25) is 14.5 Å². The standard InChI is InChI=1S/C26H24N2O2S/c1-19-11-13-21(14-12-19)17-24-26(30)28(22-9-5-6-10-23(22)31-24)18-25(29)27-16-15-20-7-3-2-4-8-20/h2-14,17H,15-16,18H2,1H3,(H,27,29)/b24-17+. The maximum Gasteiger partial charge on any atom is 0.265 e. The van der Waals surface area contributed by atoms with Gasteiger partial charge >= 0.3 is 0 Å². The number of fused-ring (bicyclic) bond motifs is 1. The third kappa shape index (κ3) is 5.25. The number of hydrogen-bond donors (Lipinski definition) is 1. The van der Waals surface area contributed by atoms with Gasteiger partial charge in [-0.15, -0.1) is 0 Å². The fraction of sp³-hybridized carbons (Fsp3) is 0.154. The van der Waals surface area contributed by atoms with Crippen LogP contribution >= 0.6 is 11.8 Å². The van der Waals surface area contributed by atoms with Crippen LogP contribution in [-0.4, -0.2) is 24.9 Å². The molecule has 3 aromatic carbocycles. The van der Waals surface area contributed by atoms with E-state index in [1.165, 1.54) is 22.9 Å². The van der Waals surface area contributed by atoms with Gasteiger partial charge in [0.05, 0.1) is 10.6 Å². The van der Waals surface area contributed by atoms with Crippen molar-refractivity contribution in [3.05, 3.63) is 100 Å². The molecule has 0 aromatic heterocycles. The number of aryl methyl sites for hydroxylation is 1. The fourth-order valence-electron chi connectivity index (χ4n) is 3.42. The molecule has 5 heteroatoms. The summed E-state index contributed by atoms with van der Waals surface area (Å²) < 4.78 is 0. The highest BCUT2D eigenvalue weighted by molar-refractivity contribution is 8.04. The summed E-state index contributed by atoms with van der Waals surface area (Å²) in [6.07, 6.45) is 2.65. The lowest BCUT2D eigenvalue weighted by atomic mass is 10.1. The first kappa shape index (κ1) is 20.9. The van der Waals surface area contributed by atoms with Crippen LogP contribution in [0.3, 0.4) is 0 Å². The van der Waals surface area contributed by atoms with Gasteiger partial charge in [0.1, 0.15) is 6.54 Å². The van der Waals surface area contributed by atoms with E-state index < -0.39 is 0 Å². The summed E-state index contributed by atoms with van der Waals surface area (Å²) in [5.41, 5.74) is 4.08. The van der Waals surface area contributed by atoms with Crippen LogP contribution in [-0.2, 0) is 16.0 Å². The van der Waals surface area contributed by atoms with Gasteiger partial charge in [0, 0.05) is 11.4 Å². The van der Waals surface area contributed by atoms with Crippen molar-refractivity contribution in [1.29, 1.82) is 0 Å². The molecule has 3 aromatic rings. The molecular weight excluding hydrogens is 404 g/mol. The average molecular weight is 429 g/mol. The Bertz CT molecular complexity index is 1110. The molecule has 1 heterocycles. The second-order valence-electron chi connectivity index (χ2n) is 7.47. The number of rotatable bonds is 6. The first-order valence-electron chi connectivity index (χ1n) is 10.3. The Kier molecular flexibility index (Phi) is 6.53. The summed E-state index contributed by atoms with van der Waals surface area (Å²) in [7, 11) is 0. The summed E-state index contributed by atoms with van der Waals surface area (Å²) >= 11 is 1.45. The monoisotopic (exact) mass is 428 g/mol. The van der Waals surface area contributed by atoms with Gasteiger partial charge in [0.2, 0.25) is 5.91 Å². The summed E-state index contributed by atoms with van der Waals surface area (Å²) in [5.74, 6) is -0.317. The van der Waals surface area contributed by atoms with Crippen LogP contribution in [0, 0.1) is 6.92 Å². The van der Waals surface area contributed by atoms with Gasteiger partial charge in [-0.05, 0) is 42.7 Å². The van der Waals surface area contributed by atoms with Gasteiger partial charge in [-0.1, -0.05) is 84.1 Å². The van der Waals surface area contributed by atoms with Crippen molar-refractivity contribution in [3.8, 4) is 0 Å². The van der Waals surface area contributed by atoms with Gasteiger partial charge in [0.25, 0.3) is 5.91 Å². The highest BCUT2D eigenvalue weighted by Crippen LogP contribution is 2.41. The lowest BCUT2D eigenvalue weighted by Gasteiger charge is -2.29. The van der Waals surface area contributed by atoms with Crippen molar-refractivity contribution in [2.24, 2.45) is 0 Å². The molecule has 0 saturated carbocycles. The van der Waals surface area contributed by atoms with Crippen molar-refractivity contribution >= 4 is 35.3 Å². The summed E-state index contributed by atoms with van der Waals surface area (Å²) in [6.45, 7) is 2.57. The number of anilines is 1. The van der Waals surface area contributed by atoms with Gasteiger partial charge < -0.3 is 5.32 Å². The average Bonchev–Trinajstić information content (AvgIpc) is 2.79. The molecule has 0 spiro atoms. The minimum absolute atomic E-state index is 0.00354. The van der Waals surface area contributed by atoms with Gasteiger partial charge in [-0.2, -0.15) is 0 Å². The quantitative estimate of drug-likeness (QED) is 0.572. The van der Waals surface area contributed by atoms with Crippen LogP contribution in [0.5, 0.6) is 0 Å². The topological polar surface area (TPSA) is 49.4 Å². The fourth-order valence-corrected chi connectivity index (χ4v) is 4.48. The maximum absolute atomic E-state index is 13.2. The zero-order valence-corrected chi connectivity index (χ0v) is 18.2. The molecular formula is C26H24N2O2S. The Hall–Kier alpha value is -3.31. The van der Waals surface area contributed by atoms with E-state index in [1.54, 1.807) is 4.90 Å². The Morgan fingerprint density at radius 3 is 2.45 bits per heavy atom. The number of carbonyl (C=O) groups excluding carboxylic acids is 2. The van der Waals surface area contributed by atoms with E-state index >= 15 is 0 Å². The smallest absolute Gasteiger partial charge is 0.265 e. The van der Waals surface area contributed by atoms with E-state index in [2.05, 4.69) is 5.32 Å². The summed E-state index contributed by atoms with van der Waals surface area (Å²) in [5, 5.41) is 2.94. The van der Waals surface area contributed by atoms with E-state index in [9.17, 15) is 9.59 Å². The number of para-hydroxylation sites is 1. The molecule has 31 heavy (non-hydrogen) atoms. The molecule has 0 atom stereocenters. The second kappa shape index (κ2) is 9.67. The van der Waals surface area contributed by atoms with Crippen LogP contribution < -0.4 is 10.2 Å². The van der Waals surface area contributed by atoms with E-state index in [0.717, 1.165) is 22.6 Å². The predicted octanol–water partition coefficient (Wildman–Crippen LogP) is 4.83. The zero-order valence-electron chi connectivity index (χ0n) is 17.4. The largest absolute Gasteiger partial charge is 0.354 e. The molecule has 0 fully saturated rings. The van der Waals surface area contributed by atoms with Gasteiger partial charge in [0.15, 0.2) is 0 Å². The van der Waals surface area contributed by atoms with E-state index in [4.69, 9.17) is 0 Å². The van der Waals surface area contributed by atoms with Gasteiger partial charge in [-0.25, -0.2) is 0 Å². The number of thioether (sulfide) groups is 1. The molecule has 0 aliphatic carbocycles. The van der Waals surface area contributed by atoms with Crippen LogP contribution in [0.2, 0.25) is 0 Å². The van der Waals surface area contributed by atoms with Crippen LogP contribution in [0.4, 0.5) is 5.69 Å². The highest BCUT2D eigenvalue weighted by atomic mass is 32.2. The lowest BCUT2D eigenvalue weighted by molar-refractivity contribution is -0.122. The first-order chi connectivity index (χ1) is 15.1. The number of nitrogens with zero attached hydrogens (tertiary/aromatic N) is 1. The molecule has 1 aliphatic heterocycles. The maximum atomic E-state index is 13.2. The third-order valence-electron chi connectivity index (χ3n) is 5.09. The second-order valence-corrected chi connectivity index (χ2v) is 8.55. The first-order valence-corrected chi connectivity index (χ1v) is 11.1. The van der Waals surface area contributed by atoms with Crippen LogP contribution in [0.1, 0.15) is 16.7 Å². The molecule has 1 aliphatic rings. The van der Waals surface area contributed by atoms with Crippen molar-refractivity contribution < 1.29 is 9.59 Å². The molecule has 156 valence electrons. The number of benzene rings is 3. The summed E-state index contributed by atoms with van der Waals surface area (Å²) in [4.78, 5) is 29.0. The number of carbonyl (C=O) groups is 2. The number of nitrogens with one attached hydrogen (secondary N) is 1. The molecule has 4 rings (SSSR count). The van der Waals surface area contributed by atoms with E-state index in [-0.39, 0.29) is 18.4 Å². The van der Waals surface area contributed by atoms with E-state index in [0.29, 0.717) is 11.4 Å². The lowest BCUT2D eigenvalue weighted by Crippen LogP contribution is -2.43. The van der Waals surface area contributed by atoms with Crippen molar-refractivity contribution in [3.63, 3.8) is 0 Å². The van der Waals surface area contributed by atoms with Crippen molar-refractivity contribution in [1.82, 2.24) is 5.32 Å². The molecule has 0 saturated heterocycles. The normalized spacial score (nSPS) is 14.4. The number of hydrogen-bond acceptors (Lipinski definition) is 3. The third-order valence-corrected chi connectivity index (χ3v) is 6.16.